The Balaban J connectivity index is 1.51. The second kappa shape index (κ2) is 6.82. The van der Waals surface area contributed by atoms with E-state index in [2.05, 4.69) is 48.3 Å². The molecule has 2 saturated heterocycles. The van der Waals surface area contributed by atoms with E-state index in [-0.39, 0.29) is 0 Å². The lowest BCUT2D eigenvalue weighted by atomic mass is 10.00. The lowest BCUT2D eigenvalue weighted by molar-refractivity contribution is -0.131. The topological polar surface area (TPSA) is 32.3 Å². The van der Waals surface area contributed by atoms with Crippen molar-refractivity contribution in [2.75, 3.05) is 13.1 Å². The Bertz CT molecular complexity index is 509. The van der Waals surface area contributed by atoms with E-state index in [1.807, 2.05) is 0 Å². The number of hydrogen-bond acceptors (Lipinski definition) is 2. The highest BCUT2D eigenvalue weighted by atomic mass is 16.2. The minimum Gasteiger partial charge on any atom is -0.341 e. The number of rotatable bonds is 4. The average molecular weight is 300 g/mol. The number of likely N-dealkylation sites (tertiary alicyclic amines) is 1. The van der Waals surface area contributed by atoms with E-state index in [1.165, 1.54) is 24.0 Å². The summed E-state index contributed by atoms with van der Waals surface area (Å²) >= 11 is 0. The molecule has 2 heterocycles. The summed E-state index contributed by atoms with van der Waals surface area (Å²) in [5.74, 6) is 0.887. The van der Waals surface area contributed by atoms with Crippen molar-refractivity contribution in [2.24, 2.45) is 0 Å². The number of benzene rings is 1. The summed E-state index contributed by atoms with van der Waals surface area (Å²) in [5.41, 5.74) is 2.64. The van der Waals surface area contributed by atoms with E-state index < -0.39 is 0 Å². The van der Waals surface area contributed by atoms with Crippen molar-refractivity contribution in [3.63, 3.8) is 0 Å². The van der Waals surface area contributed by atoms with Gasteiger partial charge in [0.15, 0.2) is 0 Å². The predicted octanol–water partition coefficient (Wildman–Crippen LogP) is 3.10. The molecule has 3 rings (SSSR count). The van der Waals surface area contributed by atoms with Crippen LogP contribution in [0, 0.1) is 0 Å². The molecule has 1 aromatic rings. The second-order valence-corrected chi connectivity index (χ2v) is 7.16. The summed E-state index contributed by atoms with van der Waals surface area (Å²) in [4.78, 5) is 14.6. The highest BCUT2D eigenvalue weighted by molar-refractivity contribution is 5.76. The second-order valence-electron chi connectivity index (χ2n) is 7.16. The minimum absolute atomic E-state index is 0.322. The molecule has 3 nitrogen and oxygen atoms in total. The van der Waals surface area contributed by atoms with Crippen molar-refractivity contribution in [2.45, 2.75) is 64.0 Å². The van der Waals surface area contributed by atoms with E-state index >= 15 is 0 Å². The van der Waals surface area contributed by atoms with Gasteiger partial charge >= 0.3 is 0 Å². The molecule has 0 spiro atoms. The molecule has 2 fully saturated rings. The molecule has 120 valence electrons. The van der Waals surface area contributed by atoms with Crippen molar-refractivity contribution in [3.8, 4) is 0 Å². The normalized spacial score (nSPS) is 24.6. The van der Waals surface area contributed by atoms with Crippen LogP contribution >= 0.6 is 0 Å². The Morgan fingerprint density at radius 3 is 2.64 bits per heavy atom. The molecule has 2 aliphatic rings. The van der Waals surface area contributed by atoms with Crippen LogP contribution in [0.1, 0.15) is 56.6 Å². The molecule has 0 aromatic heterocycles. The average Bonchev–Trinajstić information content (AvgIpc) is 2.84. The van der Waals surface area contributed by atoms with Gasteiger partial charge in [-0.3, -0.25) is 4.79 Å². The molecule has 0 saturated carbocycles. The van der Waals surface area contributed by atoms with Gasteiger partial charge in [-0.1, -0.05) is 38.1 Å². The quantitative estimate of drug-likeness (QED) is 0.926. The van der Waals surface area contributed by atoms with Gasteiger partial charge < -0.3 is 10.2 Å². The van der Waals surface area contributed by atoms with Crippen LogP contribution in [0.15, 0.2) is 24.3 Å². The fraction of sp³-hybridized carbons (Fsp3) is 0.632. The fourth-order valence-electron chi connectivity index (χ4n) is 3.65. The number of nitrogens with one attached hydrogen (secondary N) is 1. The lowest BCUT2D eigenvalue weighted by Gasteiger charge is -2.24. The maximum atomic E-state index is 12.5. The van der Waals surface area contributed by atoms with E-state index in [0.29, 0.717) is 30.3 Å². The molecule has 1 N–H and O–H groups in total. The maximum Gasteiger partial charge on any atom is 0.222 e. The Morgan fingerprint density at radius 1 is 1.18 bits per heavy atom. The Kier molecular flexibility index (Phi) is 4.82. The third-order valence-electron chi connectivity index (χ3n) is 5.15. The molecule has 22 heavy (non-hydrogen) atoms. The summed E-state index contributed by atoms with van der Waals surface area (Å²) in [6.45, 7) is 6.25. The van der Waals surface area contributed by atoms with Crippen molar-refractivity contribution < 1.29 is 4.79 Å². The zero-order chi connectivity index (χ0) is 15.5. The standard InChI is InChI=1S/C19H28N2O/c1-14(2)16-6-3-15(4-7-16)5-10-19(22)21-12-11-17-8-9-18(13-21)20-17/h3-4,6-7,14,17-18,20H,5,8-13H2,1-2H3. The molecular formula is C19H28N2O. The van der Waals surface area contributed by atoms with Gasteiger partial charge in [0, 0.05) is 31.6 Å². The fourth-order valence-corrected chi connectivity index (χ4v) is 3.65. The minimum atomic E-state index is 0.322. The maximum absolute atomic E-state index is 12.5. The molecule has 0 radical (unpaired) electrons. The molecule has 0 aliphatic carbocycles. The van der Waals surface area contributed by atoms with E-state index in [4.69, 9.17) is 0 Å². The van der Waals surface area contributed by atoms with Crippen molar-refractivity contribution in [1.82, 2.24) is 10.2 Å². The molecule has 2 aliphatic heterocycles. The number of carbonyl (C=O) groups excluding carboxylic acids is 1. The Morgan fingerprint density at radius 2 is 1.91 bits per heavy atom. The zero-order valence-corrected chi connectivity index (χ0v) is 13.8. The number of carbonyl (C=O) groups is 1. The molecule has 2 atom stereocenters. The summed E-state index contributed by atoms with van der Waals surface area (Å²) < 4.78 is 0. The summed E-state index contributed by atoms with van der Waals surface area (Å²) in [5, 5.41) is 3.63. The van der Waals surface area contributed by atoms with Crippen LogP contribution in [0.5, 0.6) is 0 Å². The van der Waals surface area contributed by atoms with Crippen molar-refractivity contribution in [1.29, 1.82) is 0 Å². The molecule has 1 amide bonds. The van der Waals surface area contributed by atoms with Gasteiger partial charge in [0.1, 0.15) is 0 Å². The van der Waals surface area contributed by atoms with Gasteiger partial charge in [0.2, 0.25) is 5.91 Å². The Hall–Kier alpha value is -1.35. The molecule has 3 heteroatoms. The molecular weight excluding hydrogens is 272 g/mol. The lowest BCUT2D eigenvalue weighted by Crippen LogP contribution is -2.39. The highest BCUT2D eigenvalue weighted by Crippen LogP contribution is 2.21. The number of amides is 1. The molecule has 1 aromatic carbocycles. The van der Waals surface area contributed by atoms with Crippen LogP contribution in [0.25, 0.3) is 0 Å². The van der Waals surface area contributed by atoms with Crippen LogP contribution in [-0.2, 0) is 11.2 Å². The van der Waals surface area contributed by atoms with Gasteiger partial charge in [0.25, 0.3) is 0 Å². The first-order valence-corrected chi connectivity index (χ1v) is 8.74. The third kappa shape index (κ3) is 3.70. The monoisotopic (exact) mass is 300 g/mol. The zero-order valence-electron chi connectivity index (χ0n) is 13.8. The summed E-state index contributed by atoms with van der Waals surface area (Å²) in [6, 6.07) is 9.91. The van der Waals surface area contributed by atoms with Gasteiger partial charge in [-0.2, -0.15) is 0 Å². The first-order valence-electron chi connectivity index (χ1n) is 8.74. The van der Waals surface area contributed by atoms with Crippen LogP contribution in [0.4, 0.5) is 0 Å². The molecule has 2 bridgehead atoms. The van der Waals surface area contributed by atoms with Crippen LogP contribution in [-0.4, -0.2) is 36.0 Å². The van der Waals surface area contributed by atoms with Crippen molar-refractivity contribution >= 4 is 5.91 Å². The van der Waals surface area contributed by atoms with Gasteiger partial charge in [-0.15, -0.1) is 0 Å². The number of aryl methyl sites for hydroxylation is 1. The number of hydrogen-bond donors (Lipinski definition) is 1. The molecule has 2 unspecified atom stereocenters. The predicted molar refractivity (Wildman–Crippen MR) is 90.0 cm³/mol. The highest BCUT2D eigenvalue weighted by Gasteiger charge is 2.30. The van der Waals surface area contributed by atoms with Crippen LogP contribution in [0.2, 0.25) is 0 Å². The summed E-state index contributed by atoms with van der Waals surface area (Å²) in [7, 11) is 0. The van der Waals surface area contributed by atoms with Crippen LogP contribution in [0.3, 0.4) is 0 Å². The van der Waals surface area contributed by atoms with Gasteiger partial charge in [0.05, 0.1) is 0 Å². The number of fused-ring (bicyclic) bond motifs is 2. The first-order chi connectivity index (χ1) is 10.6. The van der Waals surface area contributed by atoms with E-state index in [9.17, 15) is 4.79 Å². The number of nitrogens with zero attached hydrogens (tertiary/aromatic N) is 1. The SMILES string of the molecule is CC(C)c1ccc(CCC(=O)N2CCC3CCC(C2)N3)cc1. The van der Waals surface area contributed by atoms with Crippen LogP contribution < -0.4 is 5.32 Å². The smallest absolute Gasteiger partial charge is 0.222 e. The largest absolute Gasteiger partial charge is 0.341 e. The van der Waals surface area contributed by atoms with E-state index in [0.717, 1.165) is 25.9 Å². The first kappa shape index (κ1) is 15.5. The summed E-state index contributed by atoms with van der Waals surface area (Å²) in [6.07, 6.45) is 5.12. The van der Waals surface area contributed by atoms with Gasteiger partial charge in [-0.05, 0) is 42.7 Å². The van der Waals surface area contributed by atoms with E-state index in [1.54, 1.807) is 0 Å². The van der Waals surface area contributed by atoms with Crippen molar-refractivity contribution in [3.05, 3.63) is 35.4 Å². The van der Waals surface area contributed by atoms with Gasteiger partial charge in [-0.25, -0.2) is 0 Å². The third-order valence-corrected chi connectivity index (χ3v) is 5.15. The Labute approximate surface area is 134 Å².